The molecule has 2 radical (unpaired) electrons. The topological polar surface area (TPSA) is 216 Å². The van der Waals surface area contributed by atoms with Crippen LogP contribution in [-0.2, 0) is 49.8 Å². The number of carboxylic acid groups (broad SMARTS) is 2. The molecule has 0 aliphatic carbocycles. The second-order valence-electron chi connectivity index (χ2n) is 16.6. The van der Waals surface area contributed by atoms with Gasteiger partial charge in [0.25, 0.3) is 0 Å². The molecule has 25 heteroatoms. The van der Waals surface area contributed by atoms with Crippen molar-refractivity contribution in [3.8, 4) is 56.5 Å². The summed E-state index contributed by atoms with van der Waals surface area (Å²) in [6, 6.07) is 43.7. The Balaban J connectivity index is 0.000000357. The molecule has 4 aromatic carbocycles. The van der Waals surface area contributed by atoms with Gasteiger partial charge in [0.15, 0.2) is 17.1 Å². The number of nitrogens with zero attached hydrogens (tertiary/aromatic N) is 6. The van der Waals surface area contributed by atoms with Crippen molar-refractivity contribution in [3.05, 3.63) is 289 Å². The summed E-state index contributed by atoms with van der Waals surface area (Å²) in [5, 5.41) is 25.5. The number of carbonyl (C=O) groups is 4. The minimum absolute atomic E-state index is 0. The molecule has 0 amide bonds. The molecular formula is C64H43ClF8Ir2N6O8-4. The van der Waals surface area contributed by atoms with Gasteiger partial charge in [0.2, 0.25) is 5.24 Å². The van der Waals surface area contributed by atoms with Gasteiger partial charge >= 0.3 is 17.9 Å². The van der Waals surface area contributed by atoms with Crippen LogP contribution in [0.5, 0.6) is 11.5 Å². The second kappa shape index (κ2) is 39.1. The van der Waals surface area contributed by atoms with E-state index in [9.17, 15) is 54.3 Å². The number of aromatic nitrogens is 6. The molecule has 0 atom stereocenters. The van der Waals surface area contributed by atoms with Crippen LogP contribution < -0.4 is 4.74 Å². The van der Waals surface area contributed by atoms with Crippen LogP contribution in [-0.4, -0.2) is 68.4 Å². The van der Waals surface area contributed by atoms with Gasteiger partial charge in [-0.25, -0.2) is 24.4 Å². The molecule has 6 heterocycles. The standard InChI is InChI=1S/4C11H6F2N.C10H9NO4.C6H5NO3.C4H5ClO.2Ir/c4*12-8-4-5-9(10(13)7-8)11-3-1-2-6-14-11;1-6(2)10(14)15-7-4-3-5-11-8(7)9(12)13;8-4-2-1-3-7-5(4)6(9)10;1-3(2)4(5)6;;/h4*1-4,6-7H;3-5H,1H2,2H3,(H,12,13);1-3,8H,(H,9,10);1H2,2H3;;/q4*-1;;;;;. The molecule has 0 aliphatic heterocycles. The van der Waals surface area contributed by atoms with E-state index in [1.165, 1.54) is 43.6 Å². The molecule has 0 saturated carbocycles. The van der Waals surface area contributed by atoms with Gasteiger partial charge in [-0.15, -0.1) is 48.5 Å². The van der Waals surface area contributed by atoms with Gasteiger partial charge < -0.3 is 40.0 Å². The van der Waals surface area contributed by atoms with E-state index in [1.54, 1.807) is 105 Å². The second-order valence-corrected chi connectivity index (χ2v) is 16.9. The molecule has 0 bridgehead atoms. The number of carboxylic acids is 2. The van der Waals surface area contributed by atoms with Gasteiger partial charge in [0.05, 0.1) is 0 Å². The number of rotatable bonds is 9. The summed E-state index contributed by atoms with van der Waals surface area (Å²) >= 11 is 4.87. The molecule has 3 N–H and O–H groups in total. The van der Waals surface area contributed by atoms with Gasteiger partial charge in [0, 0.05) is 135 Å². The normalized spacial score (nSPS) is 9.52. The minimum atomic E-state index is -1.25. The van der Waals surface area contributed by atoms with Crippen molar-refractivity contribution in [2.45, 2.75) is 13.8 Å². The molecule has 0 unspecified atom stereocenters. The maximum absolute atomic E-state index is 13.2. The monoisotopic (exact) mass is 1600 g/mol. The summed E-state index contributed by atoms with van der Waals surface area (Å²) in [5.74, 6) is -8.69. The summed E-state index contributed by atoms with van der Waals surface area (Å²) in [6.07, 6.45) is 8.81. The van der Waals surface area contributed by atoms with Crippen molar-refractivity contribution in [3.63, 3.8) is 0 Å². The van der Waals surface area contributed by atoms with E-state index >= 15 is 0 Å². The molecule has 89 heavy (non-hydrogen) atoms. The van der Waals surface area contributed by atoms with Crippen LogP contribution >= 0.6 is 11.6 Å². The molecular weight excluding hydrogens is 1550 g/mol. The van der Waals surface area contributed by atoms with E-state index in [0.29, 0.717) is 28.3 Å². The van der Waals surface area contributed by atoms with Crippen LogP contribution in [0.1, 0.15) is 34.8 Å². The quantitative estimate of drug-likeness (QED) is 0.0403. The number of esters is 1. The maximum Gasteiger partial charge on any atom is 0.358 e. The first kappa shape index (κ1) is 75.3. The average Bonchev–Trinajstić information content (AvgIpc) is 3.66. The van der Waals surface area contributed by atoms with Gasteiger partial charge in [-0.2, -0.15) is 0 Å². The third kappa shape index (κ3) is 26.0. The maximum atomic E-state index is 13.2. The Hall–Kier alpha value is -9.83. The average molecular weight is 1600 g/mol. The van der Waals surface area contributed by atoms with Crippen molar-refractivity contribution in [2.75, 3.05) is 0 Å². The molecule has 10 rings (SSSR count). The Kier molecular flexibility index (Phi) is 33.0. The number of ether oxygens (including phenoxy) is 1. The van der Waals surface area contributed by atoms with E-state index in [2.05, 4.69) is 67.3 Å². The fourth-order valence-corrected chi connectivity index (χ4v) is 5.99. The van der Waals surface area contributed by atoms with E-state index in [1.807, 2.05) is 0 Å². The summed E-state index contributed by atoms with van der Waals surface area (Å²) in [4.78, 5) is 64.6. The van der Waals surface area contributed by atoms with Crippen molar-refractivity contribution < 1.29 is 115 Å². The zero-order chi connectivity index (χ0) is 64.0. The Bertz CT molecular complexity index is 3590. The summed E-state index contributed by atoms with van der Waals surface area (Å²) < 4.78 is 108. The van der Waals surface area contributed by atoms with Crippen molar-refractivity contribution in [2.24, 2.45) is 0 Å². The number of hydrogen-bond acceptors (Lipinski definition) is 12. The number of halogens is 9. The number of pyridine rings is 6. The molecule has 462 valence electrons. The van der Waals surface area contributed by atoms with Crippen LogP contribution in [0.2, 0.25) is 0 Å². The summed E-state index contributed by atoms with van der Waals surface area (Å²) in [5.41, 5.74) is 2.50. The molecule has 14 nitrogen and oxygen atoms in total. The Labute approximate surface area is 535 Å². The van der Waals surface area contributed by atoms with Gasteiger partial charge in [-0.1, -0.05) is 108 Å². The minimum Gasteiger partial charge on any atom is -0.505 e. The predicted octanol–water partition coefficient (Wildman–Crippen LogP) is 14.4. The van der Waals surface area contributed by atoms with Gasteiger partial charge in [0.1, 0.15) is 5.75 Å². The smallest absolute Gasteiger partial charge is 0.358 e. The fourth-order valence-electron chi connectivity index (χ4n) is 5.99. The number of carbonyl (C=O) groups excluding carboxylic acids is 2. The van der Waals surface area contributed by atoms with Crippen molar-refractivity contribution >= 4 is 34.8 Å². The first-order valence-electron chi connectivity index (χ1n) is 24.4. The number of allylic oxidation sites excluding steroid dienone is 1. The molecule has 0 aliphatic rings. The molecule has 6 aromatic heterocycles. The number of aromatic hydroxyl groups is 1. The molecule has 0 spiro atoms. The van der Waals surface area contributed by atoms with Gasteiger partial charge in [-0.05, 0) is 96.8 Å². The summed E-state index contributed by atoms with van der Waals surface area (Å²) in [6.45, 7) is 9.69. The van der Waals surface area contributed by atoms with E-state index in [4.69, 9.17) is 31.7 Å². The van der Waals surface area contributed by atoms with E-state index < -0.39 is 69.7 Å². The predicted molar refractivity (Wildman–Crippen MR) is 304 cm³/mol. The summed E-state index contributed by atoms with van der Waals surface area (Å²) in [7, 11) is 0. The number of aromatic carboxylic acids is 2. The SMILES string of the molecule is C=C(C)C(=O)Cl.C=C(C)C(=O)Oc1cccnc1C(=O)O.Fc1c[c-]c(-c2ccccn2)c(F)c1.Fc1c[c-]c(-c2ccccn2)c(F)c1.Fc1c[c-]c(-c2ccccn2)c(F)c1.Fc1c[c-]c(-c2ccccn2)c(F)c1.O=C(O)c1ncccc1O.[Ir].[Ir]. The third-order valence-corrected chi connectivity index (χ3v) is 10.3. The number of benzene rings is 4. The van der Waals surface area contributed by atoms with Crippen LogP contribution in [0.3, 0.4) is 0 Å². The third-order valence-electron chi connectivity index (χ3n) is 9.96. The van der Waals surface area contributed by atoms with Crippen LogP contribution in [0, 0.1) is 70.8 Å². The first-order valence-corrected chi connectivity index (χ1v) is 24.8. The van der Waals surface area contributed by atoms with E-state index in [-0.39, 0.29) is 90.9 Å². The zero-order valence-corrected chi connectivity index (χ0v) is 51.4. The zero-order valence-electron chi connectivity index (χ0n) is 45.9. The fraction of sp³-hybridized carbons (Fsp3) is 0.0312. The Morgan fingerprint density at radius 1 is 0.438 bits per heavy atom. The van der Waals surface area contributed by atoms with E-state index in [0.717, 1.165) is 48.5 Å². The first-order chi connectivity index (χ1) is 41.5. The van der Waals surface area contributed by atoms with Crippen molar-refractivity contribution in [1.82, 2.24) is 29.9 Å². The van der Waals surface area contributed by atoms with Gasteiger partial charge in [-0.3, -0.25) is 39.9 Å². The van der Waals surface area contributed by atoms with Crippen molar-refractivity contribution in [1.29, 1.82) is 0 Å². The molecule has 0 fully saturated rings. The van der Waals surface area contributed by atoms with Crippen LogP contribution in [0.15, 0.2) is 207 Å². The Morgan fingerprint density at radius 2 is 0.719 bits per heavy atom. The molecule has 10 aromatic rings. The Morgan fingerprint density at radius 3 is 0.944 bits per heavy atom. The number of hydrogen-bond donors (Lipinski definition) is 3. The molecule has 0 saturated heterocycles. The van der Waals surface area contributed by atoms with Crippen LogP contribution in [0.25, 0.3) is 45.0 Å². The van der Waals surface area contributed by atoms with Crippen LogP contribution in [0.4, 0.5) is 35.1 Å². The largest absolute Gasteiger partial charge is 0.505 e.